The molecule has 0 aliphatic heterocycles. The Labute approximate surface area is 68.8 Å². The molecule has 0 N–H and O–H groups in total. The molecule has 0 radical (unpaired) electrons. The van der Waals surface area contributed by atoms with Gasteiger partial charge in [-0.05, 0) is 31.4 Å². The van der Waals surface area contributed by atoms with E-state index in [1.807, 2.05) is 0 Å². The SMILES string of the molecule is C=C(C)C(=O)C=C(CC)CC. The molecule has 0 spiro atoms. The Kier molecular flexibility index (Phi) is 4.51. The number of ketones is 1. The predicted molar refractivity (Wildman–Crippen MR) is 48.5 cm³/mol. The highest BCUT2D eigenvalue weighted by atomic mass is 16.1. The molecule has 0 aromatic carbocycles. The number of carbonyl (C=O) groups excluding carboxylic acids is 1. The zero-order valence-corrected chi connectivity index (χ0v) is 7.61. The van der Waals surface area contributed by atoms with Gasteiger partial charge in [-0.2, -0.15) is 0 Å². The summed E-state index contributed by atoms with van der Waals surface area (Å²) in [6, 6.07) is 0. The van der Waals surface area contributed by atoms with Crippen molar-refractivity contribution in [2.24, 2.45) is 0 Å². The fraction of sp³-hybridized carbons (Fsp3) is 0.500. The van der Waals surface area contributed by atoms with Crippen LogP contribution in [0.25, 0.3) is 0 Å². The minimum absolute atomic E-state index is 0.0590. The number of hydrogen-bond donors (Lipinski definition) is 0. The summed E-state index contributed by atoms with van der Waals surface area (Å²) in [5.74, 6) is 0.0590. The number of hydrogen-bond acceptors (Lipinski definition) is 1. The summed E-state index contributed by atoms with van der Waals surface area (Å²) in [4.78, 5) is 11.1. The molecule has 0 aliphatic carbocycles. The van der Waals surface area contributed by atoms with Crippen molar-refractivity contribution in [2.45, 2.75) is 33.6 Å². The second kappa shape index (κ2) is 4.89. The first kappa shape index (κ1) is 10.2. The molecule has 0 saturated heterocycles. The number of carbonyl (C=O) groups is 1. The van der Waals surface area contributed by atoms with Crippen LogP contribution < -0.4 is 0 Å². The lowest BCUT2D eigenvalue weighted by Crippen LogP contribution is -1.94. The van der Waals surface area contributed by atoms with E-state index in [1.165, 1.54) is 5.57 Å². The summed E-state index contributed by atoms with van der Waals surface area (Å²) in [7, 11) is 0. The Bertz CT molecular complexity index is 181. The maximum absolute atomic E-state index is 11.1. The summed E-state index contributed by atoms with van der Waals surface area (Å²) in [6.07, 6.45) is 3.60. The first-order valence-electron chi connectivity index (χ1n) is 4.01. The summed E-state index contributed by atoms with van der Waals surface area (Å²) >= 11 is 0. The van der Waals surface area contributed by atoms with Gasteiger partial charge >= 0.3 is 0 Å². The predicted octanol–water partition coefficient (Wildman–Crippen LogP) is 2.88. The Morgan fingerprint density at radius 2 is 1.82 bits per heavy atom. The average molecular weight is 152 g/mol. The molecule has 1 nitrogen and oxygen atoms in total. The summed E-state index contributed by atoms with van der Waals surface area (Å²) in [5.41, 5.74) is 1.81. The van der Waals surface area contributed by atoms with Gasteiger partial charge in [0.1, 0.15) is 0 Å². The molecule has 62 valence electrons. The van der Waals surface area contributed by atoms with E-state index in [4.69, 9.17) is 0 Å². The van der Waals surface area contributed by atoms with Crippen molar-refractivity contribution in [3.8, 4) is 0 Å². The molecule has 1 heteroatoms. The third-order valence-electron chi connectivity index (χ3n) is 1.66. The minimum Gasteiger partial charge on any atom is -0.290 e. The van der Waals surface area contributed by atoms with Gasteiger partial charge in [-0.3, -0.25) is 4.79 Å². The minimum atomic E-state index is 0.0590. The molecule has 0 rings (SSSR count). The van der Waals surface area contributed by atoms with E-state index in [-0.39, 0.29) is 5.78 Å². The van der Waals surface area contributed by atoms with Crippen LogP contribution in [0.1, 0.15) is 33.6 Å². The van der Waals surface area contributed by atoms with Crippen molar-refractivity contribution in [1.82, 2.24) is 0 Å². The fourth-order valence-corrected chi connectivity index (χ4v) is 0.763. The van der Waals surface area contributed by atoms with Crippen LogP contribution in [0.15, 0.2) is 23.8 Å². The van der Waals surface area contributed by atoms with E-state index in [0.29, 0.717) is 5.57 Å². The Morgan fingerprint density at radius 3 is 2.09 bits per heavy atom. The van der Waals surface area contributed by atoms with Crippen molar-refractivity contribution in [2.75, 3.05) is 0 Å². The zero-order valence-electron chi connectivity index (χ0n) is 7.61. The van der Waals surface area contributed by atoms with Gasteiger partial charge in [0.05, 0.1) is 0 Å². The lowest BCUT2D eigenvalue weighted by molar-refractivity contribution is -0.111. The van der Waals surface area contributed by atoms with Gasteiger partial charge in [-0.25, -0.2) is 0 Å². The molecule has 0 amide bonds. The standard InChI is InChI=1S/C10H16O/c1-5-9(6-2)7-10(11)8(3)4/h7H,3,5-6H2,1-2,4H3. The van der Waals surface area contributed by atoms with Crippen LogP contribution >= 0.6 is 0 Å². The van der Waals surface area contributed by atoms with Crippen molar-refractivity contribution >= 4 is 5.78 Å². The van der Waals surface area contributed by atoms with E-state index in [2.05, 4.69) is 20.4 Å². The summed E-state index contributed by atoms with van der Waals surface area (Å²) < 4.78 is 0. The Hall–Kier alpha value is -0.850. The normalized spacial score (nSPS) is 9.00. The van der Waals surface area contributed by atoms with Crippen LogP contribution in [0.3, 0.4) is 0 Å². The molecule has 0 bridgehead atoms. The van der Waals surface area contributed by atoms with E-state index >= 15 is 0 Å². The van der Waals surface area contributed by atoms with E-state index < -0.39 is 0 Å². The molecular weight excluding hydrogens is 136 g/mol. The van der Waals surface area contributed by atoms with Crippen molar-refractivity contribution in [3.05, 3.63) is 23.8 Å². The quantitative estimate of drug-likeness (QED) is 0.566. The van der Waals surface area contributed by atoms with Crippen LogP contribution in [0, 0.1) is 0 Å². The van der Waals surface area contributed by atoms with Gasteiger partial charge < -0.3 is 0 Å². The van der Waals surface area contributed by atoms with Crippen LogP contribution in [-0.2, 0) is 4.79 Å². The van der Waals surface area contributed by atoms with Gasteiger partial charge in [-0.1, -0.05) is 26.0 Å². The highest BCUT2D eigenvalue weighted by Gasteiger charge is 1.98. The zero-order chi connectivity index (χ0) is 8.85. The molecule has 0 heterocycles. The maximum atomic E-state index is 11.1. The smallest absolute Gasteiger partial charge is 0.180 e. The average Bonchev–Trinajstić information content (AvgIpc) is 1.99. The molecule has 0 aromatic heterocycles. The molecule has 0 aromatic rings. The van der Waals surface area contributed by atoms with Crippen LogP contribution in [0.2, 0.25) is 0 Å². The van der Waals surface area contributed by atoms with Crippen molar-refractivity contribution < 1.29 is 4.79 Å². The Balaban J connectivity index is 4.27. The van der Waals surface area contributed by atoms with Gasteiger partial charge in [0.15, 0.2) is 5.78 Å². The van der Waals surface area contributed by atoms with Crippen molar-refractivity contribution in [1.29, 1.82) is 0 Å². The van der Waals surface area contributed by atoms with Gasteiger partial charge in [0, 0.05) is 0 Å². The first-order chi connectivity index (χ1) is 5.11. The van der Waals surface area contributed by atoms with E-state index in [0.717, 1.165) is 12.8 Å². The number of rotatable bonds is 4. The van der Waals surface area contributed by atoms with Crippen LogP contribution in [0.5, 0.6) is 0 Å². The molecule has 11 heavy (non-hydrogen) atoms. The molecule has 0 fully saturated rings. The summed E-state index contributed by atoms with van der Waals surface area (Å²) in [6.45, 7) is 9.43. The van der Waals surface area contributed by atoms with E-state index in [9.17, 15) is 4.79 Å². The van der Waals surface area contributed by atoms with Crippen LogP contribution in [0.4, 0.5) is 0 Å². The molecule has 0 atom stereocenters. The number of allylic oxidation sites excluding steroid dienone is 3. The third kappa shape index (κ3) is 3.76. The molecular formula is C10H16O. The maximum Gasteiger partial charge on any atom is 0.180 e. The monoisotopic (exact) mass is 152 g/mol. The largest absolute Gasteiger partial charge is 0.290 e. The fourth-order valence-electron chi connectivity index (χ4n) is 0.763. The highest BCUT2D eigenvalue weighted by Crippen LogP contribution is 2.06. The van der Waals surface area contributed by atoms with Crippen LogP contribution in [-0.4, -0.2) is 5.78 Å². The second-order valence-corrected chi connectivity index (χ2v) is 2.65. The van der Waals surface area contributed by atoms with Gasteiger partial charge in [0.25, 0.3) is 0 Å². The second-order valence-electron chi connectivity index (χ2n) is 2.65. The van der Waals surface area contributed by atoms with Gasteiger partial charge in [0.2, 0.25) is 0 Å². The van der Waals surface area contributed by atoms with Crippen molar-refractivity contribution in [3.63, 3.8) is 0 Å². The molecule has 0 aliphatic rings. The summed E-state index contributed by atoms with van der Waals surface area (Å²) in [5, 5.41) is 0. The lowest BCUT2D eigenvalue weighted by atomic mass is 10.1. The highest BCUT2D eigenvalue weighted by molar-refractivity contribution is 6.03. The van der Waals surface area contributed by atoms with Gasteiger partial charge in [-0.15, -0.1) is 0 Å². The Morgan fingerprint density at radius 1 is 1.36 bits per heavy atom. The van der Waals surface area contributed by atoms with E-state index in [1.54, 1.807) is 13.0 Å². The lowest BCUT2D eigenvalue weighted by Gasteiger charge is -1.98. The molecule has 0 unspecified atom stereocenters. The molecule has 0 saturated carbocycles. The topological polar surface area (TPSA) is 17.1 Å². The third-order valence-corrected chi connectivity index (χ3v) is 1.66. The first-order valence-corrected chi connectivity index (χ1v) is 4.01.